The van der Waals surface area contributed by atoms with Crippen molar-refractivity contribution >= 4 is 65.4 Å². The van der Waals surface area contributed by atoms with E-state index in [0.717, 1.165) is 66.4 Å². The molecule has 3 aromatic heterocycles. The zero-order chi connectivity index (χ0) is 36.6. The molecular formula is C50H29N5. The van der Waals surface area contributed by atoms with Crippen LogP contribution in [0.25, 0.3) is 93.6 Å². The molecule has 0 bridgehead atoms. The van der Waals surface area contributed by atoms with Crippen LogP contribution >= 0.6 is 0 Å². The number of aromatic nitrogens is 3. The SMILES string of the molecule is N#Cc1ccc(-n2c3ccccc3c3cc(-n4c5ccccc5c5ccccc54)ccc32)cc1-c1ccc(-n2c3ccccc3c3cccc(C#N)c32)cc1. The van der Waals surface area contributed by atoms with Gasteiger partial charge in [-0.25, -0.2) is 0 Å². The zero-order valence-electron chi connectivity index (χ0n) is 29.5. The molecule has 0 fully saturated rings. The number of nitrogens with zero attached hydrogens (tertiary/aromatic N) is 5. The van der Waals surface area contributed by atoms with Crippen molar-refractivity contribution in [2.75, 3.05) is 0 Å². The van der Waals surface area contributed by atoms with E-state index in [1.54, 1.807) is 0 Å². The molecule has 0 atom stereocenters. The average molecular weight is 700 g/mol. The summed E-state index contributed by atoms with van der Waals surface area (Å²) in [5.74, 6) is 0. The summed E-state index contributed by atoms with van der Waals surface area (Å²) >= 11 is 0. The molecule has 0 amide bonds. The normalized spacial score (nSPS) is 11.6. The molecule has 55 heavy (non-hydrogen) atoms. The molecule has 0 saturated heterocycles. The number of hydrogen-bond donors (Lipinski definition) is 0. The second-order valence-corrected chi connectivity index (χ2v) is 14.0. The Kier molecular flexibility index (Phi) is 6.61. The lowest BCUT2D eigenvalue weighted by Gasteiger charge is -2.14. The topological polar surface area (TPSA) is 62.4 Å². The van der Waals surface area contributed by atoms with Crippen LogP contribution in [0.3, 0.4) is 0 Å². The predicted octanol–water partition coefficient (Wildman–Crippen LogP) is 12.4. The Balaban J connectivity index is 1.07. The van der Waals surface area contributed by atoms with E-state index in [-0.39, 0.29) is 0 Å². The molecule has 11 aromatic rings. The highest BCUT2D eigenvalue weighted by Gasteiger charge is 2.19. The first-order valence-electron chi connectivity index (χ1n) is 18.3. The van der Waals surface area contributed by atoms with Crippen molar-refractivity contribution in [2.24, 2.45) is 0 Å². The van der Waals surface area contributed by atoms with Crippen LogP contribution in [0.1, 0.15) is 11.1 Å². The summed E-state index contributed by atoms with van der Waals surface area (Å²) < 4.78 is 6.83. The molecule has 0 saturated carbocycles. The summed E-state index contributed by atoms with van der Waals surface area (Å²) in [5, 5.41) is 27.3. The van der Waals surface area contributed by atoms with E-state index < -0.39 is 0 Å². The van der Waals surface area contributed by atoms with E-state index in [0.29, 0.717) is 11.1 Å². The van der Waals surface area contributed by atoms with E-state index >= 15 is 0 Å². The fourth-order valence-corrected chi connectivity index (χ4v) is 8.75. The second kappa shape index (κ2) is 11.8. The highest BCUT2D eigenvalue weighted by molar-refractivity contribution is 6.13. The number of fused-ring (bicyclic) bond motifs is 9. The average Bonchev–Trinajstić information content (AvgIpc) is 3.89. The standard InChI is InChI=1S/C50H29N5/c51-30-33-22-25-36(28-43(33)32-20-23-35(24-21-32)55-48-19-8-3-13-40(48)42-15-9-10-34(31-52)50(42)55)54-47-18-7-4-14-41(47)44-29-37(26-27-49(44)54)53-45-16-5-1-11-38(45)39-12-2-6-17-46(39)53/h1-29H. The van der Waals surface area contributed by atoms with Crippen LogP contribution in [0.4, 0.5) is 0 Å². The minimum absolute atomic E-state index is 0.606. The Morgan fingerprint density at radius 2 is 0.782 bits per heavy atom. The monoisotopic (exact) mass is 699 g/mol. The van der Waals surface area contributed by atoms with Crippen LogP contribution in [0, 0.1) is 22.7 Å². The second-order valence-electron chi connectivity index (χ2n) is 14.0. The van der Waals surface area contributed by atoms with E-state index in [4.69, 9.17) is 0 Å². The van der Waals surface area contributed by atoms with Gasteiger partial charge >= 0.3 is 0 Å². The summed E-state index contributed by atoms with van der Waals surface area (Å²) in [4.78, 5) is 0. The Hall–Kier alpha value is -7.86. The highest BCUT2D eigenvalue weighted by atomic mass is 15.0. The molecule has 11 rings (SSSR count). The molecule has 5 heteroatoms. The Morgan fingerprint density at radius 1 is 0.327 bits per heavy atom. The smallest absolute Gasteiger partial charge is 0.101 e. The molecule has 8 aromatic carbocycles. The summed E-state index contributed by atoms with van der Waals surface area (Å²) in [6.45, 7) is 0. The molecule has 0 aliphatic heterocycles. The summed E-state index contributed by atoms with van der Waals surface area (Å²) in [7, 11) is 0. The van der Waals surface area contributed by atoms with Crippen molar-refractivity contribution < 1.29 is 0 Å². The molecule has 0 N–H and O–H groups in total. The minimum Gasteiger partial charge on any atom is -0.309 e. The van der Waals surface area contributed by atoms with Gasteiger partial charge in [0.25, 0.3) is 0 Å². The van der Waals surface area contributed by atoms with Crippen molar-refractivity contribution in [1.82, 2.24) is 13.7 Å². The lowest BCUT2D eigenvalue weighted by Crippen LogP contribution is -1.98. The van der Waals surface area contributed by atoms with Gasteiger partial charge < -0.3 is 13.7 Å². The van der Waals surface area contributed by atoms with E-state index in [9.17, 15) is 10.5 Å². The van der Waals surface area contributed by atoms with Gasteiger partial charge in [-0.15, -0.1) is 0 Å². The maximum Gasteiger partial charge on any atom is 0.101 e. The summed E-state index contributed by atoms with van der Waals surface area (Å²) in [6, 6.07) is 65.9. The highest BCUT2D eigenvalue weighted by Crippen LogP contribution is 2.39. The van der Waals surface area contributed by atoms with E-state index in [2.05, 4.69) is 165 Å². The molecule has 254 valence electrons. The van der Waals surface area contributed by atoms with Crippen molar-refractivity contribution in [3.8, 4) is 40.3 Å². The predicted molar refractivity (Wildman–Crippen MR) is 224 cm³/mol. The van der Waals surface area contributed by atoms with Crippen LogP contribution in [0.5, 0.6) is 0 Å². The molecular weight excluding hydrogens is 671 g/mol. The van der Waals surface area contributed by atoms with Gasteiger partial charge in [-0.1, -0.05) is 97.1 Å². The van der Waals surface area contributed by atoms with Crippen LogP contribution in [0.2, 0.25) is 0 Å². The number of benzene rings is 8. The number of nitriles is 2. The molecule has 0 spiro atoms. The molecule has 0 aliphatic rings. The van der Waals surface area contributed by atoms with Crippen molar-refractivity contribution in [2.45, 2.75) is 0 Å². The zero-order valence-corrected chi connectivity index (χ0v) is 29.5. The number of rotatable bonds is 4. The fourth-order valence-electron chi connectivity index (χ4n) is 8.75. The molecule has 0 radical (unpaired) electrons. The molecule has 0 unspecified atom stereocenters. The van der Waals surface area contributed by atoms with Crippen LogP contribution < -0.4 is 0 Å². The minimum atomic E-state index is 0.606. The Bertz CT molecular complexity index is 3400. The molecule has 3 heterocycles. The lowest BCUT2D eigenvalue weighted by atomic mass is 9.99. The van der Waals surface area contributed by atoms with Gasteiger partial charge in [0.2, 0.25) is 0 Å². The maximum atomic E-state index is 10.3. The first kappa shape index (κ1) is 30.7. The lowest BCUT2D eigenvalue weighted by molar-refractivity contribution is 1.16. The first-order valence-corrected chi connectivity index (χ1v) is 18.3. The molecule has 0 aliphatic carbocycles. The third-order valence-corrected chi connectivity index (χ3v) is 11.1. The largest absolute Gasteiger partial charge is 0.309 e. The third kappa shape index (κ3) is 4.45. The Labute approximate surface area is 316 Å². The van der Waals surface area contributed by atoms with Gasteiger partial charge in [-0.05, 0) is 84.4 Å². The van der Waals surface area contributed by atoms with Crippen molar-refractivity contribution in [3.63, 3.8) is 0 Å². The van der Waals surface area contributed by atoms with Crippen LogP contribution in [-0.2, 0) is 0 Å². The molecule has 5 nitrogen and oxygen atoms in total. The first-order chi connectivity index (χ1) is 27.2. The quantitative estimate of drug-likeness (QED) is 0.184. The van der Waals surface area contributed by atoms with Crippen LogP contribution in [0.15, 0.2) is 176 Å². The Morgan fingerprint density at radius 3 is 1.38 bits per heavy atom. The van der Waals surface area contributed by atoms with E-state index in [1.165, 1.54) is 27.2 Å². The van der Waals surface area contributed by atoms with Crippen molar-refractivity contribution in [1.29, 1.82) is 10.5 Å². The van der Waals surface area contributed by atoms with Gasteiger partial charge in [-0.2, -0.15) is 10.5 Å². The van der Waals surface area contributed by atoms with Crippen molar-refractivity contribution in [3.05, 3.63) is 187 Å². The van der Waals surface area contributed by atoms with Gasteiger partial charge in [0.1, 0.15) is 6.07 Å². The summed E-state index contributed by atoms with van der Waals surface area (Å²) in [6.07, 6.45) is 0. The number of hydrogen-bond acceptors (Lipinski definition) is 2. The third-order valence-electron chi connectivity index (χ3n) is 11.1. The van der Waals surface area contributed by atoms with Gasteiger partial charge in [0, 0.05) is 54.9 Å². The van der Waals surface area contributed by atoms with Crippen LogP contribution in [-0.4, -0.2) is 13.7 Å². The number of para-hydroxylation sites is 5. The van der Waals surface area contributed by atoms with Gasteiger partial charge in [0.15, 0.2) is 0 Å². The van der Waals surface area contributed by atoms with Gasteiger partial charge in [-0.3, -0.25) is 0 Å². The maximum absolute atomic E-state index is 10.3. The fraction of sp³-hybridized carbons (Fsp3) is 0. The van der Waals surface area contributed by atoms with Gasteiger partial charge in [0.05, 0.1) is 50.3 Å². The summed E-state index contributed by atoms with van der Waals surface area (Å²) in [5.41, 5.74) is 12.6. The van der Waals surface area contributed by atoms with E-state index in [1.807, 2.05) is 36.4 Å².